The van der Waals surface area contributed by atoms with Crippen LogP contribution in [0.5, 0.6) is 5.75 Å². The summed E-state index contributed by atoms with van der Waals surface area (Å²) in [7, 11) is 3.32. The molecule has 0 spiro atoms. The van der Waals surface area contributed by atoms with E-state index in [2.05, 4.69) is 67.8 Å². The molecule has 0 radical (unpaired) electrons. The molecule has 1 aromatic heterocycles. The number of aromatic nitrogens is 1. The van der Waals surface area contributed by atoms with Crippen molar-refractivity contribution in [2.45, 2.75) is 40.2 Å². The molecule has 0 aliphatic carbocycles. The van der Waals surface area contributed by atoms with Crippen LogP contribution in [0.1, 0.15) is 41.8 Å². The molecule has 2 N–H and O–H groups in total. The van der Waals surface area contributed by atoms with Crippen molar-refractivity contribution in [3.63, 3.8) is 0 Å². The van der Waals surface area contributed by atoms with Gasteiger partial charge in [-0.05, 0) is 67.6 Å². The number of methoxy groups -OCH3 is 1. The Labute approximate surface area is 172 Å². The minimum absolute atomic E-state index is 0.0903. The molecule has 3 rings (SSSR count). The maximum absolute atomic E-state index is 12.0. The molecule has 152 valence electrons. The van der Waals surface area contributed by atoms with Gasteiger partial charge in [-0.2, -0.15) is 0 Å². The number of benzene rings is 2. The number of aryl methyl sites for hydroxylation is 3. The summed E-state index contributed by atoms with van der Waals surface area (Å²) >= 11 is 0. The molecule has 5 heteroatoms. The van der Waals surface area contributed by atoms with Crippen LogP contribution >= 0.6 is 0 Å². The minimum atomic E-state index is -0.183. The highest BCUT2D eigenvalue weighted by molar-refractivity contribution is 5.97. The van der Waals surface area contributed by atoms with Gasteiger partial charge < -0.3 is 15.4 Å². The molecule has 1 unspecified atom stereocenters. The van der Waals surface area contributed by atoms with E-state index in [9.17, 15) is 4.79 Å². The van der Waals surface area contributed by atoms with Crippen molar-refractivity contribution in [2.75, 3.05) is 14.2 Å². The maximum atomic E-state index is 12.0. The zero-order valence-corrected chi connectivity index (χ0v) is 18.0. The second-order valence-corrected chi connectivity index (χ2v) is 7.38. The average Bonchev–Trinajstić information content (AvgIpc) is 2.70. The molecule has 0 aliphatic heterocycles. The largest absolute Gasteiger partial charge is 0.497 e. The van der Waals surface area contributed by atoms with E-state index in [4.69, 9.17) is 9.72 Å². The van der Waals surface area contributed by atoms with E-state index in [0.717, 1.165) is 51.0 Å². The lowest BCUT2D eigenvalue weighted by Gasteiger charge is -2.21. The highest BCUT2D eigenvalue weighted by Crippen LogP contribution is 2.37. The van der Waals surface area contributed by atoms with Crippen molar-refractivity contribution in [3.8, 4) is 16.9 Å². The molecule has 0 saturated heterocycles. The Morgan fingerprint density at radius 1 is 1.14 bits per heavy atom. The van der Waals surface area contributed by atoms with Crippen LogP contribution in [0.4, 0.5) is 4.79 Å². The summed E-state index contributed by atoms with van der Waals surface area (Å²) in [6.45, 7) is 8.27. The molecule has 1 atom stereocenters. The summed E-state index contributed by atoms with van der Waals surface area (Å²) in [6.07, 6.45) is 0.788. The Kier molecular flexibility index (Phi) is 6.06. The van der Waals surface area contributed by atoms with E-state index in [1.54, 1.807) is 14.2 Å². The first-order chi connectivity index (χ1) is 13.9. The monoisotopic (exact) mass is 391 g/mol. The average molecular weight is 392 g/mol. The predicted octanol–water partition coefficient (Wildman–Crippen LogP) is 5.22. The number of rotatable bonds is 5. The summed E-state index contributed by atoms with van der Waals surface area (Å²) in [6, 6.07) is 12.2. The lowest BCUT2D eigenvalue weighted by atomic mass is 9.91. The van der Waals surface area contributed by atoms with Gasteiger partial charge in [0.1, 0.15) is 5.75 Å². The number of hydrogen-bond donors (Lipinski definition) is 2. The number of hydrogen-bond acceptors (Lipinski definition) is 3. The zero-order valence-electron chi connectivity index (χ0n) is 18.0. The van der Waals surface area contributed by atoms with E-state index in [1.807, 2.05) is 6.92 Å². The molecule has 3 aromatic rings. The summed E-state index contributed by atoms with van der Waals surface area (Å²) in [5.41, 5.74) is 7.54. The number of nitrogens with one attached hydrogen (secondary N) is 2. The van der Waals surface area contributed by atoms with E-state index >= 15 is 0 Å². The molecule has 0 aliphatic rings. The molecule has 0 saturated carbocycles. The molecule has 5 nitrogen and oxygen atoms in total. The number of para-hydroxylation sites is 1. The first kappa shape index (κ1) is 20.6. The molecule has 0 fully saturated rings. The fourth-order valence-electron chi connectivity index (χ4n) is 3.99. The molecule has 29 heavy (non-hydrogen) atoms. The minimum Gasteiger partial charge on any atom is -0.497 e. The van der Waals surface area contributed by atoms with Gasteiger partial charge >= 0.3 is 6.03 Å². The van der Waals surface area contributed by atoms with Crippen molar-refractivity contribution in [2.24, 2.45) is 0 Å². The highest BCUT2D eigenvalue weighted by atomic mass is 16.5. The Morgan fingerprint density at radius 3 is 2.41 bits per heavy atom. The Balaban J connectivity index is 2.25. The van der Waals surface area contributed by atoms with Gasteiger partial charge in [0.2, 0.25) is 0 Å². The number of ether oxygens (including phenoxy) is 1. The molecule has 2 aromatic carbocycles. The van der Waals surface area contributed by atoms with Crippen LogP contribution in [0.2, 0.25) is 0 Å². The third-order valence-corrected chi connectivity index (χ3v) is 5.33. The van der Waals surface area contributed by atoms with Gasteiger partial charge in [0.15, 0.2) is 0 Å². The van der Waals surface area contributed by atoms with Gasteiger partial charge in [0, 0.05) is 23.7 Å². The second-order valence-electron chi connectivity index (χ2n) is 7.38. The second kappa shape index (κ2) is 8.52. The van der Waals surface area contributed by atoms with Crippen LogP contribution in [-0.2, 0) is 0 Å². The van der Waals surface area contributed by atoms with Gasteiger partial charge in [-0.15, -0.1) is 0 Å². The maximum Gasteiger partial charge on any atom is 0.315 e. The van der Waals surface area contributed by atoms with Crippen LogP contribution in [0.15, 0.2) is 36.4 Å². The van der Waals surface area contributed by atoms with Crippen LogP contribution < -0.4 is 15.4 Å². The third-order valence-electron chi connectivity index (χ3n) is 5.33. The molecule has 1 heterocycles. The van der Waals surface area contributed by atoms with Crippen molar-refractivity contribution >= 4 is 16.9 Å². The quantitative estimate of drug-likeness (QED) is 0.627. The van der Waals surface area contributed by atoms with E-state index in [1.165, 1.54) is 5.56 Å². The lowest BCUT2D eigenvalue weighted by molar-refractivity contribution is 0.239. The zero-order chi connectivity index (χ0) is 21.1. The number of urea groups is 1. The van der Waals surface area contributed by atoms with Crippen molar-refractivity contribution in [1.82, 2.24) is 15.6 Å². The Bertz CT molecular complexity index is 1040. The first-order valence-corrected chi connectivity index (χ1v) is 9.93. The SMILES string of the molecule is CCC(NC(=O)NC)c1cc(C)nc2c(-c3c(C)cc(OC)cc3C)cccc12. The van der Waals surface area contributed by atoms with Crippen LogP contribution in [0.3, 0.4) is 0 Å². The fourth-order valence-corrected chi connectivity index (χ4v) is 3.99. The van der Waals surface area contributed by atoms with E-state index in [0.29, 0.717) is 0 Å². The summed E-state index contributed by atoms with van der Waals surface area (Å²) in [4.78, 5) is 16.9. The summed E-state index contributed by atoms with van der Waals surface area (Å²) < 4.78 is 5.42. The van der Waals surface area contributed by atoms with Gasteiger partial charge in [-0.25, -0.2) is 4.79 Å². The van der Waals surface area contributed by atoms with Gasteiger partial charge in [-0.1, -0.05) is 25.1 Å². The van der Waals surface area contributed by atoms with Crippen LogP contribution in [-0.4, -0.2) is 25.2 Å². The first-order valence-electron chi connectivity index (χ1n) is 9.93. The lowest BCUT2D eigenvalue weighted by Crippen LogP contribution is -2.35. The standard InChI is InChI=1S/C24H29N3O2/c1-7-21(27-24(28)25-5)20-13-16(4)26-23-18(20)9-8-10-19(23)22-14(2)11-17(29-6)12-15(22)3/h8-13,21H,7H2,1-6H3,(H2,25,27,28). The Hall–Kier alpha value is -3.08. The number of carbonyl (C=O) groups excluding carboxylic acids is 1. The molecular weight excluding hydrogens is 362 g/mol. The smallest absolute Gasteiger partial charge is 0.315 e. The van der Waals surface area contributed by atoms with Crippen LogP contribution in [0, 0.1) is 20.8 Å². The van der Waals surface area contributed by atoms with Crippen LogP contribution in [0.25, 0.3) is 22.0 Å². The predicted molar refractivity (Wildman–Crippen MR) is 119 cm³/mol. The summed E-state index contributed by atoms with van der Waals surface area (Å²) in [5.74, 6) is 0.856. The molecule has 2 amide bonds. The number of amides is 2. The van der Waals surface area contributed by atoms with Crippen molar-refractivity contribution < 1.29 is 9.53 Å². The third kappa shape index (κ3) is 4.04. The number of pyridine rings is 1. The van der Waals surface area contributed by atoms with Crippen molar-refractivity contribution in [3.05, 3.63) is 58.8 Å². The normalized spacial score (nSPS) is 11.9. The Morgan fingerprint density at radius 2 is 1.83 bits per heavy atom. The number of fused-ring (bicyclic) bond motifs is 1. The van der Waals surface area contributed by atoms with Crippen molar-refractivity contribution in [1.29, 1.82) is 0 Å². The summed E-state index contributed by atoms with van der Waals surface area (Å²) in [5, 5.41) is 6.76. The molecular formula is C24H29N3O2. The van der Waals surface area contributed by atoms with E-state index in [-0.39, 0.29) is 12.1 Å². The highest BCUT2D eigenvalue weighted by Gasteiger charge is 2.19. The van der Waals surface area contributed by atoms with Gasteiger partial charge in [0.05, 0.1) is 18.7 Å². The van der Waals surface area contributed by atoms with Gasteiger partial charge in [-0.3, -0.25) is 4.98 Å². The topological polar surface area (TPSA) is 63.2 Å². The molecule has 0 bridgehead atoms. The number of nitrogens with zero attached hydrogens (tertiary/aromatic N) is 1. The number of carbonyl (C=O) groups is 1. The fraction of sp³-hybridized carbons (Fsp3) is 0.333. The van der Waals surface area contributed by atoms with Gasteiger partial charge in [0.25, 0.3) is 0 Å². The van der Waals surface area contributed by atoms with E-state index < -0.39 is 0 Å².